The summed E-state index contributed by atoms with van der Waals surface area (Å²) < 4.78 is 9.46. The lowest BCUT2D eigenvalue weighted by atomic mass is 10.2. The molecule has 1 heterocycles. The Morgan fingerprint density at radius 3 is 2.17 bits per heavy atom. The molecule has 35 heavy (non-hydrogen) atoms. The van der Waals surface area contributed by atoms with E-state index in [1.807, 2.05) is 37.4 Å². The van der Waals surface area contributed by atoms with Crippen molar-refractivity contribution in [2.75, 3.05) is 52.8 Å². The van der Waals surface area contributed by atoms with Crippen LogP contribution >= 0.6 is 11.3 Å². The highest BCUT2D eigenvalue weighted by Crippen LogP contribution is 2.30. The number of thiocyanates is 2. The minimum Gasteiger partial charge on any atom is -0.696 e. The number of thiazole rings is 1. The summed E-state index contributed by atoms with van der Waals surface area (Å²) in [6.07, 6.45) is 0. The molecule has 0 spiro atoms. The number of methoxy groups -OCH3 is 1. The van der Waals surface area contributed by atoms with Gasteiger partial charge >= 0.3 is 5.13 Å². The predicted molar refractivity (Wildman–Crippen MR) is 147 cm³/mol. The molecular formula is C24H31N7OS3. The Labute approximate surface area is 223 Å². The van der Waals surface area contributed by atoms with Gasteiger partial charge in [-0.2, -0.15) is 0 Å². The fourth-order valence-corrected chi connectivity index (χ4v) is 4.06. The molecule has 8 nitrogen and oxygen atoms in total. The first-order chi connectivity index (χ1) is 16.6. The van der Waals surface area contributed by atoms with Gasteiger partial charge in [-0.15, -0.1) is 0 Å². The molecule has 2 aromatic carbocycles. The number of fused-ring (bicyclic) bond motifs is 1. The predicted octanol–water partition coefficient (Wildman–Crippen LogP) is 4.71. The first kappa shape index (κ1) is 29.9. The van der Waals surface area contributed by atoms with Crippen LogP contribution in [0.5, 0.6) is 5.75 Å². The summed E-state index contributed by atoms with van der Waals surface area (Å²) in [6, 6.07) is 14.4. The number of azo groups is 1. The van der Waals surface area contributed by atoms with Crippen LogP contribution in [0.2, 0.25) is 0 Å². The maximum absolute atomic E-state index is 7.13. The van der Waals surface area contributed by atoms with E-state index in [2.05, 4.69) is 85.2 Å². The van der Waals surface area contributed by atoms with Crippen molar-refractivity contribution < 1.29 is 13.8 Å². The number of hydrogen-bond donors (Lipinski definition) is 0. The first-order valence-corrected chi connectivity index (χ1v) is 12.3. The lowest BCUT2D eigenvalue weighted by Gasteiger charge is -2.29. The van der Waals surface area contributed by atoms with Gasteiger partial charge in [0.1, 0.15) is 17.0 Å². The summed E-state index contributed by atoms with van der Waals surface area (Å²) in [5, 5.41) is 26.7. The highest BCUT2D eigenvalue weighted by atomic mass is 32.1. The number of quaternary nitrogens is 1. The zero-order valence-corrected chi connectivity index (χ0v) is 23.4. The summed E-state index contributed by atoms with van der Waals surface area (Å²) in [6.45, 7) is 5.31. The van der Waals surface area contributed by atoms with Gasteiger partial charge in [0.25, 0.3) is 0 Å². The Bertz CT molecular complexity index is 1160. The van der Waals surface area contributed by atoms with Crippen molar-refractivity contribution in [3.05, 3.63) is 42.5 Å². The van der Waals surface area contributed by atoms with Crippen LogP contribution in [0.15, 0.2) is 52.7 Å². The third-order valence-corrected chi connectivity index (χ3v) is 5.99. The molecule has 3 aromatic rings. The number of aryl methyl sites for hydroxylation is 1. The van der Waals surface area contributed by atoms with E-state index < -0.39 is 0 Å². The molecule has 0 bridgehead atoms. The zero-order valence-electron chi connectivity index (χ0n) is 20.9. The van der Waals surface area contributed by atoms with Gasteiger partial charge in [0.05, 0.1) is 58.2 Å². The van der Waals surface area contributed by atoms with Crippen LogP contribution in [0.25, 0.3) is 10.2 Å². The highest BCUT2D eigenvalue weighted by molar-refractivity contribution is 7.64. The number of aromatic nitrogens is 1. The minimum atomic E-state index is 0.851. The van der Waals surface area contributed by atoms with Crippen LogP contribution in [0.3, 0.4) is 0 Å². The molecule has 0 aliphatic rings. The summed E-state index contributed by atoms with van der Waals surface area (Å²) >= 11 is 9.00. The van der Waals surface area contributed by atoms with E-state index in [0.29, 0.717) is 0 Å². The number of nitriles is 2. The summed E-state index contributed by atoms with van der Waals surface area (Å²) in [4.78, 5) is 2.39. The molecule has 11 heteroatoms. The van der Waals surface area contributed by atoms with Gasteiger partial charge in [-0.3, -0.25) is 0 Å². The van der Waals surface area contributed by atoms with Gasteiger partial charge in [0, 0.05) is 18.3 Å². The van der Waals surface area contributed by atoms with Gasteiger partial charge < -0.3 is 39.4 Å². The number of likely N-dealkylation sites (N-methyl/N-ethyl adjacent to an activating group) is 2. The molecule has 0 radical (unpaired) electrons. The lowest BCUT2D eigenvalue weighted by molar-refractivity contribution is -0.868. The maximum atomic E-state index is 7.13. The Hall–Kier alpha value is -3.09. The van der Waals surface area contributed by atoms with Crippen LogP contribution in [0, 0.1) is 21.3 Å². The molecule has 0 N–H and O–H groups in total. The number of benzene rings is 2. The number of anilines is 1. The van der Waals surface area contributed by atoms with Crippen LogP contribution in [0.1, 0.15) is 6.92 Å². The SMILES string of the molecule is CCN(CC[N+](C)(C)C)c1ccc(N=Nc2sc3cc(OC)ccc3[n+]2C)cc1.N#C[S-].N#C[S-]. The Kier molecular flexibility index (Phi) is 12.8. The average molecular weight is 530 g/mol. The van der Waals surface area contributed by atoms with Crippen molar-refractivity contribution >= 4 is 63.3 Å². The third-order valence-electron chi connectivity index (χ3n) is 4.90. The molecular weight excluding hydrogens is 499 g/mol. The molecule has 0 aliphatic heterocycles. The Balaban J connectivity index is 0.000000926. The fraction of sp³-hybridized carbons (Fsp3) is 0.375. The monoisotopic (exact) mass is 529 g/mol. The third kappa shape index (κ3) is 9.97. The maximum Gasteiger partial charge on any atom is 0.409 e. The van der Waals surface area contributed by atoms with Gasteiger partial charge in [-0.05, 0) is 59.8 Å². The number of hydrogen-bond acceptors (Lipinski definition) is 9. The molecule has 0 saturated carbocycles. The van der Waals surface area contributed by atoms with E-state index in [1.54, 1.807) is 18.4 Å². The highest BCUT2D eigenvalue weighted by Gasteiger charge is 2.17. The second kappa shape index (κ2) is 15.0. The zero-order chi connectivity index (χ0) is 26.4. The van der Waals surface area contributed by atoms with Crippen molar-refractivity contribution in [3.63, 3.8) is 0 Å². The summed E-state index contributed by atoms with van der Waals surface area (Å²) in [7, 11) is 10.4. The summed E-state index contributed by atoms with van der Waals surface area (Å²) in [5.41, 5.74) is 3.20. The minimum absolute atomic E-state index is 0.851. The van der Waals surface area contributed by atoms with E-state index in [0.717, 1.165) is 50.9 Å². The molecule has 0 saturated heterocycles. The van der Waals surface area contributed by atoms with E-state index in [4.69, 9.17) is 15.3 Å². The van der Waals surface area contributed by atoms with Gasteiger partial charge in [0.15, 0.2) is 0 Å². The second-order valence-electron chi connectivity index (χ2n) is 8.27. The number of ether oxygens (including phenoxy) is 1. The molecule has 186 valence electrons. The fourth-order valence-electron chi connectivity index (χ4n) is 3.06. The van der Waals surface area contributed by atoms with Gasteiger partial charge in [-0.25, -0.2) is 15.1 Å². The van der Waals surface area contributed by atoms with Crippen LogP contribution in [-0.2, 0) is 32.3 Å². The van der Waals surface area contributed by atoms with E-state index in [-0.39, 0.29) is 0 Å². The van der Waals surface area contributed by atoms with Crippen LogP contribution < -0.4 is 14.2 Å². The van der Waals surface area contributed by atoms with Gasteiger partial charge in [0.2, 0.25) is 0 Å². The lowest BCUT2D eigenvalue weighted by Crippen LogP contribution is -2.42. The smallest absolute Gasteiger partial charge is 0.409 e. The molecule has 1 aromatic heterocycles. The largest absolute Gasteiger partial charge is 0.696 e. The average Bonchev–Trinajstić information content (AvgIpc) is 3.14. The number of nitrogens with zero attached hydrogens (tertiary/aromatic N) is 7. The molecule has 0 fully saturated rings. The molecule has 3 rings (SSSR count). The quantitative estimate of drug-likeness (QED) is 0.138. The van der Waals surface area contributed by atoms with Crippen LogP contribution in [-0.4, -0.2) is 52.4 Å². The summed E-state index contributed by atoms with van der Waals surface area (Å²) in [5.74, 6) is 0.851. The second-order valence-corrected chi connectivity index (χ2v) is 9.64. The van der Waals surface area contributed by atoms with Crippen molar-refractivity contribution in [3.8, 4) is 16.6 Å². The van der Waals surface area contributed by atoms with E-state index in [9.17, 15) is 0 Å². The number of rotatable bonds is 8. The standard InChI is InChI=1S/C22H31N5OS.2CHNS/c1-7-26(14-15-27(3,4)5)18-10-8-17(9-11-18)23-24-22-25(2)20-13-12-19(28-6)16-21(20)29-22;2*2-1-3/h8-13,16H,7,14-15H2,1-6H3;2*3H/q+2;;/p-2. The molecule has 0 atom stereocenters. The van der Waals surface area contributed by atoms with Crippen molar-refractivity contribution in [2.45, 2.75) is 6.92 Å². The van der Waals surface area contributed by atoms with Gasteiger partial charge in [-0.1, -0.05) is 10.8 Å². The molecule has 0 aliphatic carbocycles. The topological polar surface area (TPSA) is 88.7 Å². The van der Waals surface area contributed by atoms with E-state index >= 15 is 0 Å². The molecule has 0 amide bonds. The van der Waals surface area contributed by atoms with Crippen molar-refractivity contribution in [1.29, 1.82) is 10.5 Å². The van der Waals surface area contributed by atoms with Crippen LogP contribution in [0.4, 0.5) is 16.5 Å². The van der Waals surface area contributed by atoms with Crippen molar-refractivity contribution in [2.24, 2.45) is 17.3 Å². The Morgan fingerprint density at radius 2 is 1.66 bits per heavy atom. The van der Waals surface area contributed by atoms with Crippen molar-refractivity contribution in [1.82, 2.24) is 0 Å². The first-order valence-electron chi connectivity index (χ1n) is 10.7. The molecule has 0 unspecified atom stereocenters. The normalized spacial score (nSPS) is 10.4. The van der Waals surface area contributed by atoms with E-state index in [1.165, 1.54) is 16.5 Å². The Morgan fingerprint density at radius 1 is 1.06 bits per heavy atom.